The number of aromatic nitrogens is 2. The van der Waals surface area contributed by atoms with Crippen LogP contribution in [0.2, 0.25) is 0 Å². The second-order valence-corrected chi connectivity index (χ2v) is 7.54. The van der Waals surface area contributed by atoms with Crippen LogP contribution in [0.5, 0.6) is 5.75 Å². The van der Waals surface area contributed by atoms with Gasteiger partial charge in [-0.3, -0.25) is 4.79 Å². The van der Waals surface area contributed by atoms with Gasteiger partial charge in [-0.05, 0) is 24.4 Å². The lowest BCUT2D eigenvalue weighted by atomic mass is 10.0. The zero-order valence-corrected chi connectivity index (χ0v) is 15.5. The molecule has 0 radical (unpaired) electrons. The highest BCUT2D eigenvalue weighted by Gasteiger charge is 2.37. The van der Waals surface area contributed by atoms with E-state index < -0.39 is 39.9 Å². The molecule has 0 atom stereocenters. The molecule has 1 fully saturated rings. The molecule has 8 nitrogen and oxygen atoms in total. The highest BCUT2D eigenvalue weighted by molar-refractivity contribution is 7.92. The van der Waals surface area contributed by atoms with Crippen LogP contribution in [-0.2, 0) is 15.0 Å². The minimum absolute atomic E-state index is 0. The number of aryl methyl sites for hydroxylation is 1. The van der Waals surface area contributed by atoms with Gasteiger partial charge in [0.25, 0.3) is 5.91 Å². The number of imidazole rings is 1. The lowest BCUT2D eigenvalue weighted by molar-refractivity contribution is -0.117. The number of H-pyrrole nitrogens is 1. The molecule has 1 aliphatic heterocycles. The second kappa shape index (κ2) is 6.39. The summed E-state index contributed by atoms with van der Waals surface area (Å²) in [4.78, 5) is 18.6. The molecule has 0 aliphatic carbocycles. The number of phenolic OH excluding ortho intramolecular Hbond substituents is 1. The fourth-order valence-corrected chi connectivity index (χ4v) is 4.08. The highest BCUT2D eigenvalue weighted by atomic mass is 35.5. The first-order chi connectivity index (χ1) is 12.3. The number of phenols is 1. The molecule has 0 saturated carbocycles. The molecule has 3 aromatic rings. The summed E-state index contributed by atoms with van der Waals surface area (Å²) in [7, 11) is -4.25. The molecule has 0 bridgehead atoms. The number of aromatic amines is 1. The molecule has 0 spiro atoms. The van der Waals surface area contributed by atoms with Crippen LogP contribution in [0.4, 0.5) is 10.1 Å². The third-order valence-electron chi connectivity index (χ3n) is 4.08. The number of nitrogens with zero attached hydrogens (tertiary/aromatic N) is 2. The van der Waals surface area contributed by atoms with E-state index in [1.54, 1.807) is 23.1 Å². The maximum absolute atomic E-state index is 15.1. The zero-order valence-electron chi connectivity index (χ0n) is 13.9. The van der Waals surface area contributed by atoms with Crippen molar-refractivity contribution in [3.63, 3.8) is 0 Å². The molecule has 1 saturated heterocycles. The fourth-order valence-electron chi connectivity index (χ4n) is 2.92. The summed E-state index contributed by atoms with van der Waals surface area (Å²) in [5, 5.41) is 10.6. The Labute approximate surface area is 159 Å². The Bertz CT molecular complexity index is 1180. The van der Waals surface area contributed by atoms with Crippen molar-refractivity contribution >= 4 is 45.0 Å². The van der Waals surface area contributed by atoms with Gasteiger partial charge in [-0.25, -0.2) is 18.4 Å². The summed E-state index contributed by atoms with van der Waals surface area (Å²) >= 11 is 0. The lowest BCUT2D eigenvalue weighted by Gasteiger charge is -2.18. The van der Waals surface area contributed by atoms with Crippen molar-refractivity contribution in [1.29, 1.82) is 0 Å². The van der Waals surface area contributed by atoms with E-state index in [2.05, 4.69) is 9.97 Å². The average Bonchev–Trinajstić information content (AvgIpc) is 3.10. The van der Waals surface area contributed by atoms with Gasteiger partial charge in [-0.15, -0.1) is 12.4 Å². The molecule has 27 heavy (non-hydrogen) atoms. The van der Waals surface area contributed by atoms with Crippen LogP contribution in [0.3, 0.4) is 0 Å². The smallest absolute Gasteiger partial charge is 0.326 e. The first kappa shape index (κ1) is 18.9. The van der Waals surface area contributed by atoms with E-state index in [1.165, 1.54) is 12.1 Å². The summed E-state index contributed by atoms with van der Waals surface area (Å²) in [5.74, 6) is -1.78. The Balaban J connectivity index is 0.00000210. The lowest BCUT2D eigenvalue weighted by Crippen LogP contribution is -2.30. The predicted octanol–water partition coefficient (Wildman–Crippen LogP) is 1.99. The van der Waals surface area contributed by atoms with Crippen molar-refractivity contribution in [3.8, 4) is 17.1 Å². The third kappa shape index (κ3) is 3.06. The minimum Gasteiger partial charge on any atom is -0.506 e. The molecule has 142 valence electrons. The number of anilines is 1. The van der Waals surface area contributed by atoms with E-state index in [0.29, 0.717) is 21.1 Å². The number of benzene rings is 2. The van der Waals surface area contributed by atoms with Gasteiger partial charge in [-0.1, -0.05) is 12.1 Å². The molecule has 0 unspecified atom stereocenters. The molecule has 4 rings (SSSR count). The second-order valence-electron chi connectivity index (χ2n) is 5.95. The monoisotopic (exact) mass is 412 g/mol. The number of halogens is 2. The number of nitrogens with one attached hydrogen (secondary N) is 2. The van der Waals surface area contributed by atoms with E-state index in [0.717, 1.165) is 5.69 Å². The summed E-state index contributed by atoms with van der Waals surface area (Å²) in [6, 6.07) is 6.06. The van der Waals surface area contributed by atoms with Gasteiger partial charge in [-0.2, -0.15) is 8.42 Å². The van der Waals surface area contributed by atoms with E-state index >= 15 is 4.39 Å². The highest BCUT2D eigenvalue weighted by Crippen LogP contribution is 2.39. The summed E-state index contributed by atoms with van der Waals surface area (Å²) in [6.07, 6.45) is 1.63. The molecule has 3 N–H and O–H groups in total. The van der Waals surface area contributed by atoms with Crippen LogP contribution in [-0.4, -0.2) is 35.9 Å². The number of fused-ring (bicyclic) bond motifs is 1. The maximum Gasteiger partial charge on any atom is 0.326 e. The number of hydrogen-bond donors (Lipinski definition) is 3. The third-order valence-corrected chi connectivity index (χ3v) is 5.46. The van der Waals surface area contributed by atoms with Crippen molar-refractivity contribution in [1.82, 2.24) is 14.7 Å². The number of carbonyl (C=O) groups is 1. The van der Waals surface area contributed by atoms with Gasteiger partial charge < -0.3 is 10.1 Å². The first-order valence-electron chi connectivity index (χ1n) is 7.57. The van der Waals surface area contributed by atoms with E-state index in [9.17, 15) is 18.3 Å². The van der Waals surface area contributed by atoms with Gasteiger partial charge >= 0.3 is 10.2 Å². The molecular formula is C16H14ClFN4O4S. The van der Waals surface area contributed by atoms with Gasteiger partial charge in [0.1, 0.15) is 23.8 Å². The van der Waals surface area contributed by atoms with Crippen LogP contribution < -0.4 is 9.03 Å². The van der Waals surface area contributed by atoms with Crippen molar-refractivity contribution < 1.29 is 22.7 Å². The van der Waals surface area contributed by atoms with Crippen LogP contribution >= 0.6 is 12.4 Å². The van der Waals surface area contributed by atoms with Gasteiger partial charge in [0, 0.05) is 22.8 Å². The van der Waals surface area contributed by atoms with E-state index in [1.807, 2.05) is 6.92 Å². The Morgan fingerprint density at radius 3 is 2.63 bits per heavy atom. The number of carbonyl (C=O) groups excluding carboxylic acids is 1. The van der Waals surface area contributed by atoms with Crippen LogP contribution in [0, 0.1) is 12.7 Å². The van der Waals surface area contributed by atoms with Crippen molar-refractivity contribution in [2.24, 2.45) is 0 Å². The van der Waals surface area contributed by atoms with Gasteiger partial charge in [0.15, 0.2) is 5.82 Å². The molecule has 2 aromatic carbocycles. The Morgan fingerprint density at radius 1 is 1.30 bits per heavy atom. The molecule has 1 aliphatic rings. The van der Waals surface area contributed by atoms with E-state index in [4.69, 9.17) is 0 Å². The standard InChI is InChI=1S/C16H13FN4O4S.ClH/c1-8-6-18-16(19-8)10-3-2-9-5-12(22)15(14(17)11(9)4-10)21-7-13(23)20-26(21,24)25;/h2-6,22H,7H2,1H3,(H,18,19)(H,20,23);1H. The summed E-state index contributed by atoms with van der Waals surface area (Å²) in [6.45, 7) is 1.23. The fraction of sp³-hybridized carbons (Fsp3) is 0.125. The quantitative estimate of drug-likeness (QED) is 0.595. The summed E-state index contributed by atoms with van der Waals surface area (Å²) in [5.41, 5.74) is 0.864. The zero-order chi connectivity index (χ0) is 18.6. The Hall–Kier alpha value is -2.85. The number of rotatable bonds is 2. The van der Waals surface area contributed by atoms with Crippen molar-refractivity contribution in [3.05, 3.63) is 42.0 Å². The Kier molecular flexibility index (Phi) is 4.48. The summed E-state index contributed by atoms with van der Waals surface area (Å²) < 4.78 is 41.4. The molecule has 11 heteroatoms. The first-order valence-corrected chi connectivity index (χ1v) is 9.01. The number of hydrogen-bond acceptors (Lipinski definition) is 5. The average molecular weight is 413 g/mol. The van der Waals surface area contributed by atoms with Gasteiger partial charge in [0.2, 0.25) is 0 Å². The topological polar surface area (TPSA) is 115 Å². The molecule has 2 heterocycles. The van der Waals surface area contributed by atoms with Crippen LogP contribution in [0.15, 0.2) is 30.5 Å². The molecular weight excluding hydrogens is 399 g/mol. The van der Waals surface area contributed by atoms with E-state index in [-0.39, 0.29) is 17.8 Å². The minimum atomic E-state index is -4.25. The SMILES string of the molecule is Cc1cnc(-c2ccc3cc(O)c(N4CC(=O)NS4(=O)=O)c(F)c3c2)[nH]1.Cl. The van der Waals surface area contributed by atoms with Crippen molar-refractivity contribution in [2.45, 2.75) is 6.92 Å². The predicted molar refractivity (Wildman–Crippen MR) is 99.5 cm³/mol. The van der Waals surface area contributed by atoms with Crippen LogP contribution in [0.1, 0.15) is 5.69 Å². The number of amides is 1. The normalized spacial score (nSPS) is 15.6. The van der Waals surface area contributed by atoms with Crippen LogP contribution in [0.25, 0.3) is 22.2 Å². The maximum atomic E-state index is 15.1. The van der Waals surface area contributed by atoms with Crippen molar-refractivity contribution in [2.75, 3.05) is 10.8 Å². The largest absolute Gasteiger partial charge is 0.506 e. The molecule has 1 aromatic heterocycles. The number of aromatic hydroxyl groups is 1. The Morgan fingerprint density at radius 2 is 2.04 bits per heavy atom. The molecule has 1 amide bonds. The van der Waals surface area contributed by atoms with Gasteiger partial charge in [0.05, 0.1) is 0 Å².